The van der Waals surface area contributed by atoms with Gasteiger partial charge in [-0.1, -0.05) is 48.5 Å². The van der Waals surface area contributed by atoms with Gasteiger partial charge >= 0.3 is 5.97 Å². The first-order chi connectivity index (χ1) is 13.5. The number of amides is 1. The summed E-state index contributed by atoms with van der Waals surface area (Å²) in [4.78, 5) is 26.0. The second kappa shape index (κ2) is 8.94. The van der Waals surface area contributed by atoms with Gasteiger partial charge in [-0.3, -0.25) is 4.79 Å². The Morgan fingerprint density at radius 2 is 1.68 bits per heavy atom. The third kappa shape index (κ3) is 4.82. The number of aromatic nitrogens is 3. The number of para-hydroxylation sites is 1. The molecule has 144 valence electrons. The van der Waals surface area contributed by atoms with Gasteiger partial charge in [-0.15, -0.1) is 5.10 Å². The van der Waals surface area contributed by atoms with Crippen LogP contribution in [0.15, 0.2) is 60.7 Å². The summed E-state index contributed by atoms with van der Waals surface area (Å²) in [5.41, 5.74) is 2.38. The molecule has 0 unspecified atom stereocenters. The van der Waals surface area contributed by atoms with Gasteiger partial charge in [-0.05, 0) is 38.0 Å². The van der Waals surface area contributed by atoms with Crippen LogP contribution in [0, 0.1) is 6.92 Å². The van der Waals surface area contributed by atoms with Crippen molar-refractivity contribution in [2.45, 2.75) is 26.4 Å². The molecule has 1 atom stereocenters. The van der Waals surface area contributed by atoms with Crippen LogP contribution in [0.1, 0.15) is 28.7 Å². The topological polar surface area (TPSA) is 86.1 Å². The maximum atomic E-state index is 12.4. The molecule has 0 fully saturated rings. The lowest BCUT2D eigenvalue weighted by molar-refractivity contribution is -0.129. The van der Waals surface area contributed by atoms with E-state index in [-0.39, 0.29) is 11.6 Å². The van der Waals surface area contributed by atoms with E-state index in [2.05, 4.69) is 15.5 Å². The van der Waals surface area contributed by atoms with E-state index in [0.717, 1.165) is 11.3 Å². The quantitative estimate of drug-likeness (QED) is 0.639. The van der Waals surface area contributed by atoms with Crippen LogP contribution in [0.5, 0.6) is 0 Å². The number of hydrogen-bond donors (Lipinski definition) is 1. The number of nitrogens with zero attached hydrogens (tertiary/aromatic N) is 3. The number of hydrogen-bond acceptors (Lipinski definition) is 5. The van der Waals surface area contributed by atoms with Gasteiger partial charge in [-0.2, -0.15) is 9.90 Å². The highest BCUT2D eigenvalue weighted by Crippen LogP contribution is 2.10. The van der Waals surface area contributed by atoms with E-state index in [4.69, 9.17) is 4.74 Å². The number of nitrogens with one attached hydrogen (secondary N) is 1. The minimum absolute atomic E-state index is 0.0905. The first-order valence-corrected chi connectivity index (χ1v) is 9.06. The highest BCUT2D eigenvalue weighted by molar-refractivity contribution is 5.91. The average molecular weight is 378 g/mol. The smallest absolute Gasteiger partial charge is 0.361 e. The maximum absolute atomic E-state index is 12.4. The molecule has 7 heteroatoms. The van der Waals surface area contributed by atoms with Crippen molar-refractivity contribution in [1.82, 2.24) is 20.3 Å². The van der Waals surface area contributed by atoms with Gasteiger partial charge in [0.15, 0.2) is 11.8 Å². The fourth-order valence-corrected chi connectivity index (χ4v) is 2.63. The molecule has 1 amide bonds. The average Bonchev–Trinajstić information content (AvgIpc) is 3.11. The predicted molar refractivity (Wildman–Crippen MR) is 104 cm³/mol. The number of benzene rings is 2. The number of aryl methyl sites for hydroxylation is 1. The van der Waals surface area contributed by atoms with Gasteiger partial charge in [0.2, 0.25) is 0 Å². The molecular weight excluding hydrogens is 356 g/mol. The molecule has 0 aliphatic rings. The molecule has 0 aliphatic carbocycles. The molecule has 3 rings (SSSR count). The predicted octanol–water partition coefficient (Wildman–Crippen LogP) is 2.48. The molecule has 0 saturated heterocycles. The van der Waals surface area contributed by atoms with Crippen molar-refractivity contribution in [2.75, 3.05) is 6.54 Å². The molecule has 3 aromatic rings. The molecule has 0 spiro atoms. The number of carbonyl (C=O) groups excluding carboxylic acids is 2. The molecule has 1 aromatic heterocycles. The minimum Gasteiger partial charge on any atom is -0.448 e. The summed E-state index contributed by atoms with van der Waals surface area (Å²) in [7, 11) is 0. The van der Waals surface area contributed by atoms with E-state index in [1.807, 2.05) is 60.7 Å². The van der Waals surface area contributed by atoms with E-state index in [9.17, 15) is 9.59 Å². The van der Waals surface area contributed by atoms with Crippen LogP contribution in [0.2, 0.25) is 0 Å². The fourth-order valence-electron chi connectivity index (χ4n) is 2.63. The van der Waals surface area contributed by atoms with Crippen LogP contribution in [-0.4, -0.2) is 39.5 Å². The van der Waals surface area contributed by atoms with Crippen LogP contribution in [0.25, 0.3) is 5.69 Å². The maximum Gasteiger partial charge on any atom is 0.361 e. The summed E-state index contributed by atoms with van der Waals surface area (Å²) in [6.45, 7) is 3.67. The zero-order valence-corrected chi connectivity index (χ0v) is 15.8. The Hall–Kier alpha value is -3.48. The first kappa shape index (κ1) is 19.3. The van der Waals surface area contributed by atoms with Gasteiger partial charge in [0.25, 0.3) is 5.91 Å². The summed E-state index contributed by atoms with van der Waals surface area (Å²) >= 11 is 0. The second-order valence-electron chi connectivity index (χ2n) is 6.33. The number of esters is 1. The summed E-state index contributed by atoms with van der Waals surface area (Å²) in [5, 5.41) is 11.2. The third-order valence-electron chi connectivity index (χ3n) is 4.17. The van der Waals surface area contributed by atoms with Crippen molar-refractivity contribution in [3.8, 4) is 5.69 Å². The minimum atomic E-state index is -0.926. The van der Waals surface area contributed by atoms with Crippen molar-refractivity contribution in [1.29, 1.82) is 0 Å². The lowest BCUT2D eigenvalue weighted by atomic mass is 10.1. The number of rotatable bonds is 7. The van der Waals surface area contributed by atoms with Crippen LogP contribution < -0.4 is 5.32 Å². The molecule has 0 bridgehead atoms. The molecule has 0 saturated carbocycles. The highest BCUT2D eigenvalue weighted by atomic mass is 16.5. The summed E-state index contributed by atoms with van der Waals surface area (Å²) in [5.74, 6) is -1.03. The number of ether oxygens (including phenoxy) is 1. The van der Waals surface area contributed by atoms with Gasteiger partial charge in [0.1, 0.15) is 0 Å². The summed E-state index contributed by atoms with van der Waals surface area (Å²) in [6, 6.07) is 19.1. The van der Waals surface area contributed by atoms with E-state index < -0.39 is 12.1 Å². The lowest BCUT2D eigenvalue weighted by Crippen LogP contribution is -2.37. The Morgan fingerprint density at radius 3 is 2.36 bits per heavy atom. The van der Waals surface area contributed by atoms with E-state index in [1.54, 1.807) is 6.92 Å². The normalized spacial score (nSPS) is 11.6. The largest absolute Gasteiger partial charge is 0.448 e. The van der Waals surface area contributed by atoms with E-state index in [0.29, 0.717) is 18.7 Å². The van der Waals surface area contributed by atoms with Gasteiger partial charge in [-0.25, -0.2) is 4.79 Å². The van der Waals surface area contributed by atoms with E-state index in [1.165, 1.54) is 11.7 Å². The first-order valence-electron chi connectivity index (χ1n) is 9.06. The highest BCUT2D eigenvalue weighted by Gasteiger charge is 2.23. The van der Waals surface area contributed by atoms with Crippen LogP contribution in [0.4, 0.5) is 0 Å². The SMILES string of the molecule is Cc1nn(-c2ccccc2)nc1C(=O)O[C@H](C)C(=O)NCCc1ccccc1. The van der Waals surface area contributed by atoms with Crippen molar-refractivity contribution in [3.63, 3.8) is 0 Å². The van der Waals surface area contributed by atoms with Crippen LogP contribution >= 0.6 is 0 Å². The zero-order valence-electron chi connectivity index (χ0n) is 15.8. The van der Waals surface area contributed by atoms with Crippen LogP contribution in [0.3, 0.4) is 0 Å². The Balaban J connectivity index is 1.55. The Bertz CT molecular complexity index is 939. The Kier molecular flexibility index (Phi) is 6.16. The molecule has 1 heterocycles. The molecular formula is C21H22N4O3. The Labute approximate surface area is 163 Å². The summed E-state index contributed by atoms with van der Waals surface area (Å²) in [6.07, 6.45) is -0.220. The standard InChI is InChI=1S/C21H22N4O3/c1-15-19(24-25(23-15)18-11-7-4-8-12-18)21(27)28-16(2)20(26)22-14-13-17-9-5-3-6-10-17/h3-12,16H,13-14H2,1-2H3,(H,22,26)/t16-/m1/s1. The molecule has 0 aliphatic heterocycles. The fraction of sp³-hybridized carbons (Fsp3) is 0.238. The second-order valence-corrected chi connectivity index (χ2v) is 6.33. The van der Waals surface area contributed by atoms with E-state index >= 15 is 0 Å². The van der Waals surface area contributed by atoms with Gasteiger partial charge in [0.05, 0.1) is 11.4 Å². The van der Waals surface area contributed by atoms with Crippen molar-refractivity contribution in [2.24, 2.45) is 0 Å². The molecule has 2 aromatic carbocycles. The summed E-state index contributed by atoms with van der Waals surface area (Å²) < 4.78 is 5.26. The van der Waals surface area contributed by atoms with Crippen molar-refractivity contribution in [3.05, 3.63) is 77.6 Å². The number of carbonyl (C=O) groups is 2. The zero-order chi connectivity index (χ0) is 19.9. The lowest BCUT2D eigenvalue weighted by Gasteiger charge is -2.12. The molecule has 7 nitrogen and oxygen atoms in total. The van der Waals surface area contributed by atoms with Gasteiger partial charge in [0, 0.05) is 6.54 Å². The van der Waals surface area contributed by atoms with Crippen molar-refractivity contribution < 1.29 is 14.3 Å². The molecule has 0 radical (unpaired) electrons. The van der Waals surface area contributed by atoms with Gasteiger partial charge < -0.3 is 10.1 Å². The third-order valence-corrected chi connectivity index (χ3v) is 4.17. The van der Waals surface area contributed by atoms with Crippen molar-refractivity contribution >= 4 is 11.9 Å². The Morgan fingerprint density at radius 1 is 1.04 bits per heavy atom. The van der Waals surface area contributed by atoms with Crippen LogP contribution in [-0.2, 0) is 16.0 Å². The molecule has 28 heavy (non-hydrogen) atoms. The molecule has 1 N–H and O–H groups in total. The monoisotopic (exact) mass is 378 g/mol.